The van der Waals surface area contributed by atoms with Crippen LogP contribution in [0.25, 0.3) is 8.79 Å². The summed E-state index contributed by atoms with van der Waals surface area (Å²) in [6.07, 6.45) is 2.09. The Kier molecular flexibility index (Phi) is 1.63. The summed E-state index contributed by atoms with van der Waals surface area (Å²) in [5.74, 6) is 0.364. The number of hydrogen-bond acceptors (Lipinski definition) is 1. The van der Waals surface area contributed by atoms with Crippen LogP contribution in [0, 0.1) is 0 Å². The molecule has 0 radical (unpaired) electrons. The van der Waals surface area contributed by atoms with Crippen molar-refractivity contribution in [3.8, 4) is 5.75 Å². The Morgan fingerprint density at radius 3 is 3.09 bits per heavy atom. The Bertz CT molecular complexity index is 394. The van der Waals surface area contributed by atoms with Crippen molar-refractivity contribution in [3.05, 3.63) is 24.4 Å². The summed E-state index contributed by atoms with van der Waals surface area (Å²) in [5.41, 5.74) is 0. The number of aryl methyl sites for hydroxylation is 1. The summed E-state index contributed by atoms with van der Waals surface area (Å²) >= 11 is -0.157. The van der Waals surface area contributed by atoms with Gasteiger partial charge in [0.05, 0.1) is 0 Å². The van der Waals surface area contributed by atoms with E-state index in [9.17, 15) is 0 Å². The van der Waals surface area contributed by atoms with E-state index in [1.807, 2.05) is 12.1 Å². The minimum absolute atomic E-state index is 0.157. The first-order chi connectivity index (χ1) is 5.25. The number of aromatic hydroxyl groups is 1. The van der Waals surface area contributed by atoms with Crippen molar-refractivity contribution in [3.63, 3.8) is 0 Å². The van der Waals surface area contributed by atoms with Gasteiger partial charge in [-0.2, -0.15) is 0 Å². The molecule has 0 bridgehead atoms. The van der Waals surface area contributed by atoms with Gasteiger partial charge in [-0.3, -0.25) is 0 Å². The number of nitrogens with zero attached hydrogens (tertiary/aromatic N) is 1. The zero-order valence-electron chi connectivity index (χ0n) is 6.11. The monoisotopic (exact) mass is 264 g/mol. The van der Waals surface area contributed by atoms with Crippen LogP contribution in [0.5, 0.6) is 5.75 Å². The third-order valence-electron chi connectivity index (χ3n) is 1.56. The topological polar surface area (TPSA) is 24.1 Å². The molecule has 0 fully saturated rings. The molecule has 1 aromatic heterocycles. The molecule has 2 aromatic rings. The molecule has 56 valence electrons. The molecule has 0 spiro atoms. The van der Waals surface area contributed by atoms with Crippen LogP contribution < -0.4 is 2.79 Å². The second-order valence-electron chi connectivity index (χ2n) is 2.49. The zero-order valence-corrected chi connectivity index (χ0v) is 8.44. The van der Waals surface area contributed by atoms with Crippen LogP contribution in [0.4, 0.5) is 0 Å². The number of phenolic OH excluding ortho intramolecular Hbond substituents is 1. The van der Waals surface area contributed by atoms with E-state index in [-0.39, 0.29) is 20.7 Å². The SMILES string of the molecule is C[n+]1cc2cc(O)ccc2[te]1. The van der Waals surface area contributed by atoms with Crippen molar-refractivity contribution < 1.29 is 7.90 Å². The average molecular weight is 262 g/mol. The molecule has 3 heteroatoms. The molecule has 0 aliphatic heterocycles. The van der Waals surface area contributed by atoms with Crippen molar-refractivity contribution in [1.29, 1.82) is 0 Å². The molecule has 1 N–H and O–H groups in total. The van der Waals surface area contributed by atoms with Gasteiger partial charge in [0.1, 0.15) is 0 Å². The fraction of sp³-hybridized carbons (Fsp3) is 0.125. The molecule has 0 aliphatic carbocycles. The van der Waals surface area contributed by atoms with E-state index < -0.39 is 0 Å². The predicted octanol–water partition coefficient (Wildman–Crippen LogP) is 0.427. The summed E-state index contributed by atoms with van der Waals surface area (Å²) in [6, 6.07) is 5.60. The molecule has 0 atom stereocenters. The molecule has 1 aromatic carbocycles. The van der Waals surface area contributed by atoms with Crippen LogP contribution in [0.3, 0.4) is 0 Å². The van der Waals surface area contributed by atoms with Gasteiger partial charge in [-0.15, -0.1) is 0 Å². The van der Waals surface area contributed by atoms with Crippen LogP contribution in [-0.2, 0) is 7.05 Å². The standard InChI is InChI=1S/C8H7NOTe/c1-9-5-6-4-7(10)2-3-8(6)11-9/h2-5H,1H3/p+1. The quantitative estimate of drug-likeness (QED) is 0.684. The number of aromatic nitrogens is 1. The predicted molar refractivity (Wildman–Crippen MR) is 43.7 cm³/mol. The second-order valence-corrected chi connectivity index (χ2v) is 5.91. The van der Waals surface area contributed by atoms with E-state index in [1.54, 1.807) is 6.07 Å². The van der Waals surface area contributed by atoms with E-state index in [0.717, 1.165) is 0 Å². The molecule has 2 rings (SSSR count). The molecule has 0 unspecified atom stereocenters. The maximum atomic E-state index is 9.16. The van der Waals surface area contributed by atoms with E-state index in [1.165, 1.54) is 8.79 Å². The van der Waals surface area contributed by atoms with Crippen LogP contribution in [0.2, 0.25) is 0 Å². The molecule has 0 saturated carbocycles. The Morgan fingerprint density at radius 2 is 2.27 bits per heavy atom. The van der Waals surface area contributed by atoms with Crippen molar-refractivity contribution in [2.75, 3.05) is 0 Å². The minimum atomic E-state index is -0.157. The Labute approximate surface area is 74.7 Å². The molecule has 0 amide bonds. The van der Waals surface area contributed by atoms with Gasteiger partial charge in [0.25, 0.3) is 0 Å². The molecule has 11 heavy (non-hydrogen) atoms. The maximum absolute atomic E-state index is 9.16. The third kappa shape index (κ3) is 1.26. The number of phenols is 1. The fourth-order valence-electron chi connectivity index (χ4n) is 1.10. The van der Waals surface area contributed by atoms with Crippen LogP contribution in [0.1, 0.15) is 0 Å². The van der Waals surface area contributed by atoms with Gasteiger partial charge < -0.3 is 0 Å². The zero-order chi connectivity index (χ0) is 7.84. The van der Waals surface area contributed by atoms with E-state index in [2.05, 4.69) is 16.0 Å². The van der Waals surface area contributed by atoms with Gasteiger partial charge in [-0.25, -0.2) is 0 Å². The summed E-state index contributed by atoms with van der Waals surface area (Å²) in [7, 11) is 2.08. The molecule has 1 heterocycles. The Balaban J connectivity index is 2.82. The Hall–Kier alpha value is -0.520. The van der Waals surface area contributed by atoms with Gasteiger partial charge in [-0.1, -0.05) is 0 Å². The van der Waals surface area contributed by atoms with E-state index >= 15 is 0 Å². The molecule has 2 nitrogen and oxygen atoms in total. The van der Waals surface area contributed by atoms with E-state index in [4.69, 9.17) is 5.11 Å². The Morgan fingerprint density at radius 1 is 1.45 bits per heavy atom. The number of fused-ring (bicyclic) bond motifs is 1. The van der Waals surface area contributed by atoms with Crippen LogP contribution >= 0.6 is 0 Å². The number of hydrogen-bond donors (Lipinski definition) is 1. The van der Waals surface area contributed by atoms with E-state index in [0.29, 0.717) is 5.75 Å². The van der Waals surface area contributed by atoms with Gasteiger partial charge in [-0.05, 0) is 0 Å². The van der Waals surface area contributed by atoms with Gasteiger partial charge >= 0.3 is 74.6 Å². The van der Waals surface area contributed by atoms with Crippen LogP contribution in [-0.4, -0.2) is 25.8 Å². The van der Waals surface area contributed by atoms with Gasteiger partial charge in [0.2, 0.25) is 0 Å². The summed E-state index contributed by atoms with van der Waals surface area (Å²) < 4.78 is 3.64. The average Bonchev–Trinajstić information content (AvgIpc) is 2.27. The number of benzene rings is 1. The van der Waals surface area contributed by atoms with Crippen LogP contribution in [0.15, 0.2) is 24.4 Å². The summed E-state index contributed by atoms with van der Waals surface area (Å²) in [4.78, 5) is 0. The van der Waals surface area contributed by atoms with Gasteiger partial charge in [0.15, 0.2) is 0 Å². The first-order valence-electron chi connectivity index (χ1n) is 3.34. The summed E-state index contributed by atoms with van der Waals surface area (Å²) in [6.45, 7) is 0. The molecule has 0 aliphatic rings. The molecule has 0 saturated heterocycles. The fourth-order valence-corrected chi connectivity index (χ4v) is 3.44. The third-order valence-corrected chi connectivity index (χ3v) is 4.30. The van der Waals surface area contributed by atoms with Crippen molar-refractivity contribution in [2.24, 2.45) is 7.05 Å². The molecular weight excluding hydrogens is 254 g/mol. The molecular formula is C8H8NOTe+. The first-order valence-corrected chi connectivity index (χ1v) is 5.55. The van der Waals surface area contributed by atoms with Crippen molar-refractivity contribution in [1.82, 2.24) is 0 Å². The second kappa shape index (κ2) is 2.51. The number of rotatable bonds is 0. The normalized spacial score (nSPS) is 10.6. The van der Waals surface area contributed by atoms with Crippen molar-refractivity contribution >= 4 is 29.5 Å². The van der Waals surface area contributed by atoms with Crippen molar-refractivity contribution in [2.45, 2.75) is 0 Å². The van der Waals surface area contributed by atoms with Gasteiger partial charge in [0, 0.05) is 0 Å². The summed E-state index contributed by atoms with van der Waals surface area (Å²) in [5, 5.41) is 10.3. The first kappa shape index (κ1) is 7.15.